The van der Waals surface area contributed by atoms with Crippen LogP contribution >= 0.6 is 0 Å². The number of hydrogen-bond acceptors (Lipinski definition) is 1. The lowest BCUT2D eigenvalue weighted by Crippen LogP contribution is -2.03. The molecular formula is C27H40O. The standard InChI is InChI=1S/C27H40O/c1-3-4-5-6-7-8-9-10-11-12-16-25(22-21-23(2)28)27-20-15-18-24-17-13-14-19-26(24)27/h13-15,17-20,25H,3-12,16,21-22H2,1-2H3. The van der Waals surface area contributed by atoms with E-state index < -0.39 is 0 Å². The summed E-state index contributed by atoms with van der Waals surface area (Å²) in [4.78, 5) is 11.6. The van der Waals surface area contributed by atoms with E-state index in [1.54, 1.807) is 6.92 Å². The third-order valence-electron chi connectivity index (χ3n) is 6.01. The molecule has 0 aliphatic carbocycles. The number of unbranched alkanes of at least 4 members (excludes halogenated alkanes) is 9. The Bertz CT molecular complexity index is 682. The molecule has 2 aromatic carbocycles. The summed E-state index contributed by atoms with van der Waals surface area (Å²) in [6.45, 7) is 4.00. The normalized spacial score (nSPS) is 12.4. The lowest BCUT2D eigenvalue weighted by atomic mass is 9.85. The first-order chi connectivity index (χ1) is 13.7. The Morgan fingerprint density at radius 1 is 0.750 bits per heavy atom. The maximum absolute atomic E-state index is 11.6. The van der Waals surface area contributed by atoms with Crippen LogP contribution in [0.4, 0.5) is 0 Å². The summed E-state index contributed by atoms with van der Waals surface area (Å²) in [6.07, 6.45) is 16.6. The maximum atomic E-state index is 11.6. The first-order valence-corrected chi connectivity index (χ1v) is 11.7. The number of hydrogen-bond donors (Lipinski definition) is 0. The summed E-state index contributed by atoms with van der Waals surface area (Å²) in [5.41, 5.74) is 1.44. The van der Waals surface area contributed by atoms with Crippen LogP contribution in [-0.4, -0.2) is 5.78 Å². The van der Waals surface area contributed by atoms with Crippen molar-refractivity contribution in [1.82, 2.24) is 0 Å². The number of Topliss-reactive ketones (excluding diaryl/α,β-unsaturated/α-hetero) is 1. The van der Waals surface area contributed by atoms with E-state index in [0.29, 0.717) is 18.1 Å². The van der Waals surface area contributed by atoms with Gasteiger partial charge in [-0.15, -0.1) is 0 Å². The summed E-state index contributed by atoms with van der Waals surface area (Å²) in [5, 5.41) is 2.68. The van der Waals surface area contributed by atoms with E-state index >= 15 is 0 Å². The first kappa shape index (κ1) is 22.7. The molecule has 1 nitrogen and oxygen atoms in total. The highest BCUT2D eigenvalue weighted by Gasteiger charge is 2.15. The molecule has 0 N–H and O–H groups in total. The van der Waals surface area contributed by atoms with Crippen LogP contribution in [0.15, 0.2) is 42.5 Å². The molecule has 0 saturated heterocycles. The van der Waals surface area contributed by atoms with E-state index in [-0.39, 0.29) is 0 Å². The lowest BCUT2D eigenvalue weighted by molar-refractivity contribution is -0.117. The molecule has 0 aliphatic heterocycles. The van der Waals surface area contributed by atoms with Crippen LogP contribution in [-0.2, 0) is 4.79 Å². The molecule has 0 radical (unpaired) electrons. The minimum absolute atomic E-state index is 0.313. The molecule has 0 spiro atoms. The minimum Gasteiger partial charge on any atom is -0.300 e. The molecule has 1 atom stereocenters. The Balaban J connectivity index is 1.81. The maximum Gasteiger partial charge on any atom is 0.129 e. The van der Waals surface area contributed by atoms with Crippen LogP contribution in [0.5, 0.6) is 0 Å². The van der Waals surface area contributed by atoms with E-state index in [4.69, 9.17) is 0 Å². The second-order valence-electron chi connectivity index (χ2n) is 8.48. The second kappa shape index (κ2) is 13.5. The largest absolute Gasteiger partial charge is 0.300 e. The minimum atomic E-state index is 0.313. The van der Waals surface area contributed by atoms with Crippen molar-refractivity contribution in [3.05, 3.63) is 48.0 Å². The molecule has 0 aliphatic rings. The Kier molecular flexibility index (Phi) is 10.9. The van der Waals surface area contributed by atoms with Gasteiger partial charge in [0, 0.05) is 6.42 Å². The molecular weight excluding hydrogens is 340 g/mol. The third kappa shape index (κ3) is 8.17. The third-order valence-corrected chi connectivity index (χ3v) is 6.01. The van der Waals surface area contributed by atoms with Crippen molar-refractivity contribution in [2.45, 2.75) is 103 Å². The van der Waals surface area contributed by atoms with Gasteiger partial charge in [0.1, 0.15) is 5.78 Å². The van der Waals surface area contributed by atoms with Gasteiger partial charge in [0.25, 0.3) is 0 Å². The Morgan fingerprint density at radius 3 is 2.04 bits per heavy atom. The lowest BCUT2D eigenvalue weighted by Gasteiger charge is -2.19. The number of benzene rings is 2. The molecule has 1 unspecified atom stereocenters. The van der Waals surface area contributed by atoms with Crippen molar-refractivity contribution in [2.24, 2.45) is 0 Å². The Morgan fingerprint density at radius 2 is 1.36 bits per heavy atom. The fourth-order valence-electron chi connectivity index (χ4n) is 4.32. The predicted molar refractivity (Wildman–Crippen MR) is 123 cm³/mol. The molecule has 0 fully saturated rings. The highest BCUT2D eigenvalue weighted by Crippen LogP contribution is 2.33. The predicted octanol–water partition coefficient (Wildman–Crippen LogP) is 8.60. The second-order valence-corrected chi connectivity index (χ2v) is 8.48. The van der Waals surface area contributed by atoms with E-state index in [0.717, 1.165) is 6.42 Å². The molecule has 0 bridgehead atoms. The summed E-state index contributed by atoms with van der Waals surface area (Å²) in [5.74, 6) is 0.817. The van der Waals surface area contributed by atoms with Gasteiger partial charge in [-0.05, 0) is 42.0 Å². The van der Waals surface area contributed by atoms with Gasteiger partial charge >= 0.3 is 0 Å². The highest BCUT2D eigenvalue weighted by molar-refractivity contribution is 5.86. The first-order valence-electron chi connectivity index (χ1n) is 11.7. The van der Waals surface area contributed by atoms with Gasteiger partial charge in [-0.25, -0.2) is 0 Å². The molecule has 2 aromatic rings. The molecule has 0 amide bonds. The number of fused-ring (bicyclic) bond motifs is 1. The van der Waals surface area contributed by atoms with E-state index in [1.165, 1.54) is 87.0 Å². The zero-order chi connectivity index (χ0) is 20.0. The highest BCUT2D eigenvalue weighted by atomic mass is 16.1. The van der Waals surface area contributed by atoms with Crippen molar-refractivity contribution in [2.75, 3.05) is 0 Å². The Hall–Kier alpha value is -1.63. The molecule has 28 heavy (non-hydrogen) atoms. The topological polar surface area (TPSA) is 17.1 Å². The fourth-order valence-corrected chi connectivity index (χ4v) is 4.32. The van der Waals surface area contributed by atoms with E-state index in [9.17, 15) is 4.79 Å². The quantitative estimate of drug-likeness (QED) is 0.283. The van der Waals surface area contributed by atoms with Crippen LogP contribution in [0.25, 0.3) is 10.8 Å². The summed E-state index contributed by atoms with van der Waals surface area (Å²) >= 11 is 0. The summed E-state index contributed by atoms with van der Waals surface area (Å²) in [7, 11) is 0. The van der Waals surface area contributed by atoms with Crippen LogP contribution in [0.1, 0.15) is 109 Å². The van der Waals surface area contributed by atoms with Gasteiger partial charge in [0.15, 0.2) is 0 Å². The summed E-state index contributed by atoms with van der Waals surface area (Å²) < 4.78 is 0. The molecule has 154 valence electrons. The van der Waals surface area contributed by atoms with E-state index in [2.05, 4.69) is 49.4 Å². The zero-order valence-electron chi connectivity index (χ0n) is 18.2. The van der Waals surface area contributed by atoms with Crippen molar-refractivity contribution in [3.63, 3.8) is 0 Å². The van der Waals surface area contributed by atoms with Crippen LogP contribution in [0.2, 0.25) is 0 Å². The van der Waals surface area contributed by atoms with Gasteiger partial charge in [-0.1, -0.05) is 114 Å². The molecule has 2 rings (SSSR count). The molecule has 0 heterocycles. The smallest absolute Gasteiger partial charge is 0.129 e. The van der Waals surface area contributed by atoms with Crippen LogP contribution in [0.3, 0.4) is 0 Å². The Labute approximate surface area is 172 Å². The molecule has 0 saturated carbocycles. The van der Waals surface area contributed by atoms with E-state index in [1.807, 2.05) is 0 Å². The monoisotopic (exact) mass is 380 g/mol. The zero-order valence-corrected chi connectivity index (χ0v) is 18.2. The number of rotatable bonds is 15. The summed E-state index contributed by atoms with van der Waals surface area (Å²) in [6, 6.07) is 15.3. The molecule has 0 aromatic heterocycles. The van der Waals surface area contributed by atoms with Crippen molar-refractivity contribution >= 4 is 16.6 Å². The van der Waals surface area contributed by atoms with Gasteiger partial charge in [-0.2, -0.15) is 0 Å². The van der Waals surface area contributed by atoms with Gasteiger partial charge < -0.3 is 4.79 Å². The van der Waals surface area contributed by atoms with Crippen molar-refractivity contribution < 1.29 is 4.79 Å². The van der Waals surface area contributed by atoms with Crippen molar-refractivity contribution in [1.29, 1.82) is 0 Å². The number of ketones is 1. The van der Waals surface area contributed by atoms with Crippen molar-refractivity contribution in [3.8, 4) is 0 Å². The number of carbonyl (C=O) groups excluding carboxylic acids is 1. The average molecular weight is 381 g/mol. The SMILES string of the molecule is CCCCCCCCCCCCC(CCC(C)=O)c1cccc2ccccc12. The van der Waals surface area contributed by atoms with Gasteiger partial charge in [0.2, 0.25) is 0 Å². The average Bonchev–Trinajstić information content (AvgIpc) is 2.71. The van der Waals surface area contributed by atoms with Crippen LogP contribution < -0.4 is 0 Å². The fraction of sp³-hybridized carbons (Fsp3) is 0.593. The van der Waals surface area contributed by atoms with Gasteiger partial charge in [0.05, 0.1) is 0 Å². The van der Waals surface area contributed by atoms with Crippen LogP contribution in [0, 0.1) is 0 Å². The van der Waals surface area contributed by atoms with Gasteiger partial charge in [-0.3, -0.25) is 0 Å². The molecule has 1 heteroatoms. The number of carbonyl (C=O) groups is 1.